The minimum absolute atomic E-state index is 0.237. The second kappa shape index (κ2) is 3.81. The minimum Gasteiger partial charge on any atom is -0.378 e. The van der Waals surface area contributed by atoms with Crippen LogP contribution < -0.4 is 0 Å². The molecule has 2 heteroatoms. The number of aliphatic hydroxyl groups is 1. The van der Waals surface area contributed by atoms with Crippen molar-refractivity contribution in [3.8, 4) is 11.8 Å². The highest BCUT2D eigenvalue weighted by atomic mass is 19.1. The van der Waals surface area contributed by atoms with Crippen LogP contribution in [0, 0.1) is 24.6 Å². The summed E-state index contributed by atoms with van der Waals surface area (Å²) >= 11 is 0. The van der Waals surface area contributed by atoms with Crippen LogP contribution in [-0.2, 0) is 0 Å². The van der Waals surface area contributed by atoms with Gasteiger partial charge in [-0.05, 0) is 44.5 Å². The summed E-state index contributed by atoms with van der Waals surface area (Å²) in [5.41, 5.74) is 0.265. The van der Waals surface area contributed by atoms with E-state index in [1.807, 2.05) is 0 Å². The molecule has 74 valence electrons. The van der Waals surface area contributed by atoms with Crippen LogP contribution in [0.1, 0.15) is 25.0 Å². The molecule has 1 nitrogen and oxygen atoms in total. The first-order chi connectivity index (χ1) is 6.38. The maximum Gasteiger partial charge on any atom is 0.126 e. The zero-order valence-corrected chi connectivity index (χ0v) is 8.56. The van der Waals surface area contributed by atoms with E-state index in [4.69, 9.17) is 0 Å². The molecule has 0 bridgehead atoms. The Balaban J connectivity index is 2.98. The fraction of sp³-hybridized carbons (Fsp3) is 0.333. The molecule has 0 radical (unpaired) electrons. The van der Waals surface area contributed by atoms with Crippen molar-refractivity contribution in [1.29, 1.82) is 0 Å². The summed E-state index contributed by atoms with van der Waals surface area (Å²) < 4.78 is 12.9. The normalized spacial score (nSPS) is 10.6. The first kappa shape index (κ1) is 10.7. The maximum absolute atomic E-state index is 12.9. The molecule has 1 N–H and O–H groups in total. The molecule has 0 aliphatic heterocycles. The van der Waals surface area contributed by atoms with Gasteiger partial charge in [0.05, 0.1) is 0 Å². The van der Waals surface area contributed by atoms with Crippen molar-refractivity contribution in [3.05, 3.63) is 35.1 Å². The Labute approximate surface area is 83.6 Å². The fourth-order valence-corrected chi connectivity index (χ4v) is 0.948. The molecule has 0 amide bonds. The second-order valence-corrected chi connectivity index (χ2v) is 3.77. The van der Waals surface area contributed by atoms with Crippen molar-refractivity contribution in [2.24, 2.45) is 0 Å². The van der Waals surface area contributed by atoms with Crippen LogP contribution in [0.2, 0.25) is 0 Å². The molecular weight excluding hydrogens is 179 g/mol. The molecule has 1 aromatic rings. The molecule has 0 aliphatic rings. The van der Waals surface area contributed by atoms with E-state index in [0.29, 0.717) is 11.1 Å². The topological polar surface area (TPSA) is 20.2 Å². The minimum atomic E-state index is -1.01. The van der Waals surface area contributed by atoms with E-state index in [0.717, 1.165) is 0 Å². The lowest BCUT2D eigenvalue weighted by Gasteiger charge is -2.06. The number of aryl methyl sites for hydroxylation is 1. The Bertz CT molecular complexity index is 391. The van der Waals surface area contributed by atoms with Crippen LogP contribution in [0.5, 0.6) is 0 Å². The fourth-order valence-electron chi connectivity index (χ4n) is 0.948. The van der Waals surface area contributed by atoms with E-state index in [1.165, 1.54) is 6.07 Å². The summed E-state index contributed by atoms with van der Waals surface area (Å²) in [5.74, 6) is 5.22. The van der Waals surface area contributed by atoms with E-state index in [-0.39, 0.29) is 5.82 Å². The summed E-state index contributed by atoms with van der Waals surface area (Å²) in [6.07, 6.45) is 0. The number of benzene rings is 1. The maximum atomic E-state index is 12.9. The summed E-state index contributed by atoms with van der Waals surface area (Å²) in [4.78, 5) is 0. The zero-order chi connectivity index (χ0) is 10.8. The molecule has 0 heterocycles. The average Bonchev–Trinajstić information content (AvgIpc) is 2.06. The molecule has 0 spiro atoms. The van der Waals surface area contributed by atoms with E-state index in [9.17, 15) is 9.50 Å². The van der Waals surface area contributed by atoms with Gasteiger partial charge in [-0.25, -0.2) is 4.39 Å². The number of halogens is 1. The van der Waals surface area contributed by atoms with Crippen LogP contribution in [0.4, 0.5) is 4.39 Å². The average molecular weight is 192 g/mol. The highest BCUT2D eigenvalue weighted by Gasteiger charge is 2.05. The number of rotatable bonds is 0. The highest BCUT2D eigenvalue weighted by Crippen LogP contribution is 2.08. The van der Waals surface area contributed by atoms with Crippen molar-refractivity contribution in [2.75, 3.05) is 0 Å². The van der Waals surface area contributed by atoms with Crippen LogP contribution in [0.25, 0.3) is 0 Å². The lowest BCUT2D eigenvalue weighted by Crippen LogP contribution is -2.14. The number of hydrogen-bond donors (Lipinski definition) is 1. The Morgan fingerprint density at radius 3 is 2.50 bits per heavy atom. The van der Waals surface area contributed by atoms with E-state index in [2.05, 4.69) is 11.8 Å². The third kappa shape index (κ3) is 3.20. The summed E-state index contributed by atoms with van der Waals surface area (Å²) in [6, 6.07) is 4.64. The predicted octanol–water partition coefficient (Wildman–Crippen LogP) is 2.26. The van der Waals surface area contributed by atoms with Gasteiger partial charge in [-0.1, -0.05) is 11.8 Å². The molecule has 14 heavy (non-hydrogen) atoms. The van der Waals surface area contributed by atoms with Gasteiger partial charge in [-0.3, -0.25) is 0 Å². The lowest BCUT2D eigenvalue weighted by atomic mass is 10.1. The Hall–Kier alpha value is -1.33. The van der Waals surface area contributed by atoms with E-state index < -0.39 is 5.60 Å². The molecule has 0 atom stereocenters. The molecule has 0 aliphatic carbocycles. The van der Waals surface area contributed by atoms with Gasteiger partial charge < -0.3 is 5.11 Å². The van der Waals surface area contributed by atoms with Crippen LogP contribution in [-0.4, -0.2) is 10.7 Å². The van der Waals surface area contributed by atoms with Gasteiger partial charge in [-0.2, -0.15) is 0 Å². The molecule has 0 aromatic heterocycles. The molecule has 0 fully saturated rings. The third-order valence-corrected chi connectivity index (χ3v) is 1.67. The molecular formula is C12H13FO. The van der Waals surface area contributed by atoms with Crippen molar-refractivity contribution < 1.29 is 9.50 Å². The van der Waals surface area contributed by atoms with Crippen LogP contribution in [0.3, 0.4) is 0 Å². The smallest absolute Gasteiger partial charge is 0.126 e. The Kier molecular flexibility index (Phi) is 2.93. The van der Waals surface area contributed by atoms with Crippen molar-refractivity contribution in [2.45, 2.75) is 26.4 Å². The first-order valence-corrected chi connectivity index (χ1v) is 4.40. The van der Waals surface area contributed by atoms with Gasteiger partial charge in [0.25, 0.3) is 0 Å². The van der Waals surface area contributed by atoms with Gasteiger partial charge in [0.15, 0.2) is 0 Å². The van der Waals surface area contributed by atoms with Crippen molar-refractivity contribution >= 4 is 0 Å². The zero-order valence-electron chi connectivity index (χ0n) is 8.56. The SMILES string of the molecule is Cc1cc(C#CC(C)(C)O)ccc1F. The van der Waals surface area contributed by atoms with E-state index in [1.54, 1.807) is 32.9 Å². The van der Waals surface area contributed by atoms with Crippen LogP contribution >= 0.6 is 0 Å². The highest BCUT2D eigenvalue weighted by molar-refractivity contribution is 5.38. The molecule has 0 unspecified atom stereocenters. The van der Waals surface area contributed by atoms with Gasteiger partial charge in [0.2, 0.25) is 0 Å². The lowest BCUT2D eigenvalue weighted by molar-refractivity contribution is 0.143. The predicted molar refractivity (Wildman–Crippen MR) is 54.3 cm³/mol. The standard InChI is InChI=1S/C12H13FO/c1-9-8-10(4-5-11(9)13)6-7-12(2,3)14/h4-5,8,14H,1-3H3. The number of hydrogen-bond acceptors (Lipinski definition) is 1. The van der Waals surface area contributed by atoms with Crippen LogP contribution in [0.15, 0.2) is 18.2 Å². The van der Waals surface area contributed by atoms with Gasteiger partial charge in [-0.15, -0.1) is 0 Å². The molecule has 0 saturated heterocycles. The molecule has 1 aromatic carbocycles. The van der Waals surface area contributed by atoms with Gasteiger partial charge >= 0.3 is 0 Å². The van der Waals surface area contributed by atoms with E-state index >= 15 is 0 Å². The molecule has 1 rings (SSSR count). The van der Waals surface area contributed by atoms with Gasteiger partial charge in [0.1, 0.15) is 11.4 Å². The monoisotopic (exact) mass is 192 g/mol. The van der Waals surface area contributed by atoms with Gasteiger partial charge in [0, 0.05) is 5.56 Å². The summed E-state index contributed by atoms with van der Waals surface area (Å²) in [6.45, 7) is 4.90. The largest absolute Gasteiger partial charge is 0.378 e. The second-order valence-electron chi connectivity index (χ2n) is 3.77. The Morgan fingerprint density at radius 1 is 1.36 bits per heavy atom. The third-order valence-electron chi connectivity index (χ3n) is 1.67. The summed E-state index contributed by atoms with van der Waals surface area (Å²) in [5, 5.41) is 9.36. The molecule has 0 saturated carbocycles. The quantitative estimate of drug-likeness (QED) is 0.625. The Morgan fingerprint density at radius 2 is 2.00 bits per heavy atom. The van der Waals surface area contributed by atoms with Crippen molar-refractivity contribution in [1.82, 2.24) is 0 Å². The summed E-state index contributed by atoms with van der Waals surface area (Å²) in [7, 11) is 0. The van der Waals surface area contributed by atoms with Crippen molar-refractivity contribution in [3.63, 3.8) is 0 Å². The first-order valence-electron chi connectivity index (χ1n) is 4.40.